The summed E-state index contributed by atoms with van der Waals surface area (Å²) >= 11 is 0. The molecule has 1 aliphatic carbocycles. The number of methoxy groups -OCH3 is 1. The first-order valence-corrected chi connectivity index (χ1v) is 16.7. The van der Waals surface area contributed by atoms with E-state index in [4.69, 9.17) is 19.3 Å². The molecule has 3 atom stereocenters. The number of allylic oxidation sites excluding steroid dienone is 3. The van der Waals surface area contributed by atoms with Gasteiger partial charge >= 0.3 is 0 Å². The molecule has 0 spiro atoms. The van der Waals surface area contributed by atoms with Crippen LogP contribution < -0.4 is 10.1 Å². The standard InChI is InChI=1S/C35H45FN8O6/c1-38-22-40-34(25-6-7-31(26(14-25)16-37)50-32-8-9-44(18-28(32)36)35(47)30(46)19-45)41-23-39-27-4-3-5-29(33(15-27)48-2)43-12-10-42(11-13-43)17-24-20-49-21-24/h3,5-7,14-15,22,24,28,30,32,39,45-46H,1,4,8-13,17-21,23H2,2H3/b40-22-,41-34-/t28-,30-,32+/m1/s1. The summed E-state index contributed by atoms with van der Waals surface area (Å²) in [5.41, 5.74) is 2.63. The first kappa shape index (κ1) is 36.7. The Kier molecular flexibility index (Phi) is 13.1. The molecule has 3 N–H and O–H groups in total. The van der Waals surface area contributed by atoms with E-state index in [9.17, 15) is 15.2 Å². The zero-order chi connectivity index (χ0) is 35.5. The third kappa shape index (κ3) is 9.33. The van der Waals surface area contributed by atoms with Gasteiger partial charge in [-0.2, -0.15) is 5.26 Å². The van der Waals surface area contributed by atoms with Crippen molar-refractivity contribution in [1.82, 2.24) is 20.0 Å². The molecule has 268 valence electrons. The molecular weight excluding hydrogens is 647 g/mol. The maximum Gasteiger partial charge on any atom is 0.253 e. The molecule has 3 aliphatic heterocycles. The van der Waals surface area contributed by atoms with Crippen LogP contribution in [0.1, 0.15) is 24.0 Å². The predicted octanol–water partition coefficient (Wildman–Crippen LogP) is 1.22. The van der Waals surface area contributed by atoms with E-state index < -0.39 is 30.9 Å². The summed E-state index contributed by atoms with van der Waals surface area (Å²) in [7, 11) is 1.67. The predicted molar refractivity (Wildman–Crippen MR) is 186 cm³/mol. The van der Waals surface area contributed by atoms with Crippen LogP contribution in [-0.4, -0.2) is 148 Å². The number of hydrogen-bond acceptors (Lipinski definition) is 11. The number of carbonyl (C=O) groups is 1. The molecule has 50 heavy (non-hydrogen) atoms. The number of benzene rings is 1. The smallest absolute Gasteiger partial charge is 0.253 e. The van der Waals surface area contributed by atoms with Gasteiger partial charge in [-0.15, -0.1) is 0 Å². The van der Waals surface area contributed by atoms with E-state index in [2.05, 4.69) is 55.0 Å². The number of nitriles is 1. The average Bonchev–Trinajstić information content (AvgIpc) is 3.34. The van der Waals surface area contributed by atoms with Crippen molar-refractivity contribution in [2.24, 2.45) is 20.9 Å². The lowest BCUT2D eigenvalue weighted by Gasteiger charge is -2.39. The number of ether oxygens (including phenoxy) is 3. The number of aliphatic hydroxyl groups excluding tert-OH is 2. The monoisotopic (exact) mass is 692 g/mol. The Morgan fingerprint density at radius 2 is 2.08 bits per heavy atom. The van der Waals surface area contributed by atoms with Crippen LogP contribution in [0.15, 0.2) is 68.6 Å². The molecule has 3 fully saturated rings. The molecule has 3 saturated heterocycles. The van der Waals surface area contributed by atoms with Gasteiger partial charge in [0.05, 0.1) is 44.7 Å². The van der Waals surface area contributed by atoms with E-state index in [0.717, 1.165) is 68.0 Å². The number of aliphatic imine (C=N–C) groups is 3. The lowest BCUT2D eigenvalue weighted by atomic mass is 10.0. The summed E-state index contributed by atoms with van der Waals surface area (Å²) < 4.78 is 32.0. The normalized spacial score (nSPS) is 22.8. The number of amides is 1. The number of rotatable bonds is 13. The lowest BCUT2D eigenvalue weighted by Crippen LogP contribution is -2.52. The molecule has 3 heterocycles. The quantitative estimate of drug-likeness (QED) is 0.202. The first-order chi connectivity index (χ1) is 24.3. The highest BCUT2D eigenvalue weighted by atomic mass is 19.1. The Bertz CT molecular complexity index is 1560. The van der Waals surface area contributed by atoms with E-state index in [1.54, 1.807) is 25.3 Å². The fourth-order valence-corrected chi connectivity index (χ4v) is 6.19. The van der Waals surface area contributed by atoms with Gasteiger partial charge in [-0.05, 0) is 31.0 Å². The largest absolute Gasteiger partial charge is 0.495 e. The molecule has 1 amide bonds. The number of hydrogen-bond donors (Lipinski definition) is 3. The summed E-state index contributed by atoms with van der Waals surface area (Å²) in [6.45, 7) is 9.36. The van der Waals surface area contributed by atoms with Crippen molar-refractivity contribution in [2.75, 3.05) is 79.4 Å². The van der Waals surface area contributed by atoms with E-state index >= 15 is 4.39 Å². The number of piperidine rings is 1. The van der Waals surface area contributed by atoms with E-state index in [-0.39, 0.29) is 37.5 Å². The Balaban J connectivity index is 1.22. The van der Waals surface area contributed by atoms with Crippen LogP contribution in [0.25, 0.3) is 0 Å². The fraction of sp³-hybridized carbons (Fsp3) is 0.514. The maximum atomic E-state index is 15.0. The van der Waals surface area contributed by atoms with Gasteiger partial charge in [-0.3, -0.25) is 14.7 Å². The fourth-order valence-electron chi connectivity index (χ4n) is 6.19. The molecule has 0 bridgehead atoms. The number of nitrogens with zero attached hydrogens (tertiary/aromatic N) is 7. The number of carbonyl (C=O) groups excluding carboxylic acids is 1. The molecule has 0 saturated carbocycles. The first-order valence-electron chi connectivity index (χ1n) is 16.7. The van der Waals surface area contributed by atoms with E-state index in [0.29, 0.717) is 23.7 Å². The lowest BCUT2D eigenvalue weighted by molar-refractivity contribution is -0.146. The molecular formula is C35H45FN8O6. The number of alkyl halides is 1. The van der Waals surface area contributed by atoms with Crippen molar-refractivity contribution >= 4 is 24.8 Å². The second-order valence-corrected chi connectivity index (χ2v) is 12.4. The van der Waals surface area contributed by atoms with Gasteiger partial charge < -0.3 is 39.5 Å². The van der Waals surface area contributed by atoms with Gasteiger partial charge in [-0.1, -0.05) is 6.08 Å². The van der Waals surface area contributed by atoms with Crippen molar-refractivity contribution in [3.8, 4) is 11.8 Å². The minimum absolute atomic E-state index is 0.136. The van der Waals surface area contributed by atoms with Crippen LogP contribution in [0.5, 0.6) is 5.75 Å². The second kappa shape index (κ2) is 17.9. The zero-order valence-electron chi connectivity index (χ0n) is 28.3. The van der Waals surface area contributed by atoms with Crippen molar-refractivity contribution in [3.63, 3.8) is 0 Å². The third-order valence-electron chi connectivity index (χ3n) is 9.01. The minimum Gasteiger partial charge on any atom is -0.495 e. The van der Waals surface area contributed by atoms with Gasteiger partial charge in [0.25, 0.3) is 5.91 Å². The average molecular weight is 693 g/mol. The van der Waals surface area contributed by atoms with Crippen molar-refractivity contribution in [1.29, 1.82) is 5.26 Å². The van der Waals surface area contributed by atoms with E-state index in [1.807, 2.05) is 6.08 Å². The molecule has 0 aromatic heterocycles. The van der Waals surface area contributed by atoms with Crippen LogP contribution in [0.2, 0.25) is 0 Å². The highest BCUT2D eigenvalue weighted by Gasteiger charge is 2.35. The number of piperazine rings is 1. The maximum absolute atomic E-state index is 15.0. The van der Waals surface area contributed by atoms with Crippen molar-refractivity contribution < 1.29 is 33.6 Å². The molecule has 1 aromatic rings. The van der Waals surface area contributed by atoms with Gasteiger partial charge in [0.15, 0.2) is 18.1 Å². The van der Waals surface area contributed by atoms with Crippen LogP contribution in [-0.2, 0) is 14.3 Å². The minimum atomic E-state index is -1.59. The molecule has 4 aliphatic rings. The molecule has 0 unspecified atom stereocenters. The number of amidine groups is 1. The van der Waals surface area contributed by atoms with Gasteiger partial charge in [-0.25, -0.2) is 14.4 Å². The van der Waals surface area contributed by atoms with Gasteiger partial charge in [0, 0.05) is 75.4 Å². The number of nitrogens with one attached hydrogen (secondary N) is 1. The second-order valence-electron chi connectivity index (χ2n) is 12.4. The Hall–Kier alpha value is -4.62. The Labute approximate surface area is 291 Å². The summed E-state index contributed by atoms with van der Waals surface area (Å²) in [4.78, 5) is 30.8. The van der Waals surface area contributed by atoms with E-state index in [1.165, 1.54) is 6.34 Å². The molecule has 1 aromatic carbocycles. The SMILES string of the molecule is C=N/C=N\C(=N/CNC1=CC(OC)=C(N2CCN(CC3COC3)CC2)C=CC1)c1ccc(O[C@H]2CCN(C(=O)[C@H](O)CO)C[C@H]2F)c(C#N)c1. The Morgan fingerprint density at radius 3 is 2.74 bits per heavy atom. The van der Waals surface area contributed by atoms with Crippen molar-refractivity contribution in [3.05, 3.63) is 64.7 Å². The zero-order valence-corrected chi connectivity index (χ0v) is 28.3. The molecule has 15 heteroatoms. The molecule has 5 rings (SSSR count). The van der Waals surface area contributed by atoms with Gasteiger partial charge in [0.1, 0.15) is 36.7 Å². The van der Waals surface area contributed by atoms with Crippen LogP contribution in [0, 0.1) is 17.2 Å². The number of aliphatic hydroxyl groups is 2. The van der Waals surface area contributed by atoms with Crippen molar-refractivity contribution in [2.45, 2.75) is 31.2 Å². The molecule has 0 radical (unpaired) electrons. The highest BCUT2D eigenvalue weighted by Crippen LogP contribution is 2.27. The highest BCUT2D eigenvalue weighted by molar-refractivity contribution is 6.03. The van der Waals surface area contributed by atoms with Crippen LogP contribution in [0.4, 0.5) is 4.39 Å². The summed E-state index contributed by atoms with van der Waals surface area (Å²) in [5.74, 6) is 1.16. The number of likely N-dealkylation sites (tertiary alicyclic amines) is 1. The topological polar surface area (TPSA) is 168 Å². The Morgan fingerprint density at radius 1 is 1.28 bits per heavy atom. The number of halogens is 1. The summed E-state index contributed by atoms with van der Waals surface area (Å²) in [6.07, 6.45) is 4.19. The van der Waals surface area contributed by atoms with Crippen LogP contribution in [0.3, 0.4) is 0 Å². The summed E-state index contributed by atoms with van der Waals surface area (Å²) in [5, 5.41) is 31.9. The molecule has 14 nitrogen and oxygen atoms in total. The third-order valence-corrected chi connectivity index (χ3v) is 9.01. The van der Waals surface area contributed by atoms with Crippen LogP contribution >= 0.6 is 0 Å². The van der Waals surface area contributed by atoms with Gasteiger partial charge in [0.2, 0.25) is 0 Å². The summed E-state index contributed by atoms with van der Waals surface area (Å²) in [6, 6.07) is 6.89.